The second-order valence-corrected chi connectivity index (χ2v) is 10.3. The molecular formula is C29H25N3O6. The molecule has 38 heavy (non-hydrogen) atoms. The lowest BCUT2D eigenvalue weighted by Crippen LogP contribution is -2.53. The first-order valence-corrected chi connectivity index (χ1v) is 12.6. The van der Waals surface area contributed by atoms with Crippen LogP contribution in [0.5, 0.6) is 17.2 Å². The van der Waals surface area contributed by atoms with Gasteiger partial charge < -0.3 is 19.9 Å². The van der Waals surface area contributed by atoms with Gasteiger partial charge in [-0.05, 0) is 54.3 Å². The van der Waals surface area contributed by atoms with Crippen LogP contribution in [-0.4, -0.2) is 40.6 Å². The molecule has 4 aliphatic rings. The van der Waals surface area contributed by atoms with Crippen molar-refractivity contribution in [3.05, 3.63) is 82.9 Å². The van der Waals surface area contributed by atoms with Crippen LogP contribution in [0.4, 0.5) is 5.69 Å². The molecule has 4 atom stereocenters. The average Bonchev–Trinajstić information content (AvgIpc) is 3.63. The quantitative estimate of drug-likeness (QED) is 0.461. The van der Waals surface area contributed by atoms with E-state index in [1.165, 1.54) is 4.90 Å². The highest BCUT2D eigenvalue weighted by molar-refractivity contribution is 6.15. The summed E-state index contributed by atoms with van der Waals surface area (Å²) in [7, 11) is 0. The maximum atomic E-state index is 14.1. The summed E-state index contributed by atoms with van der Waals surface area (Å²) >= 11 is 0. The predicted octanol–water partition coefficient (Wildman–Crippen LogP) is 2.59. The number of nitrogens with zero attached hydrogens (tertiary/aromatic N) is 1. The van der Waals surface area contributed by atoms with Crippen LogP contribution in [0.2, 0.25) is 0 Å². The van der Waals surface area contributed by atoms with Crippen LogP contribution in [0.1, 0.15) is 22.3 Å². The number of para-hydroxylation sites is 1. The van der Waals surface area contributed by atoms with Gasteiger partial charge in [0.25, 0.3) is 0 Å². The van der Waals surface area contributed by atoms with Gasteiger partial charge in [-0.25, -0.2) is 0 Å². The molecule has 0 aliphatic carbocycles. The van der Waals surface area contributed by atoms with E-state index in [2.05, 4.69) is 10.6 Å². The molecule has 3 amide bonds. The van der Waals surface area contributed by atoms with E-state index in [0.29, 0.717) is 29.2 Å². The molecule has 3 aromatic carbocycles. The van der Waals surface area contributed by atoms with E-state index in [0.717, 1.165) is 16.7 Å². The van der Waals surface area contributed by atoms with Gasteiger partial charge in [0.1, 0.15) is 11.3 Å². The molecule has 0 radical (unpaired) electrons. The second kappa shape index (κ2) is 8.06. The largest absolute Gasteiger partial charge is 0.508 e. The Kier molecular flexibility index (Phi) is 4.84. The number of rotatable bonds is 4. The standard InChI is InChI=1S/C29H25N3O6/c1-15-3-2-4-19-25(15)30-28(36)29(19)24-23(20(31-29)11-16-5-8-18(33)9-6-16)26(34)32(27(24)35)13-17-7-10-21-22(12-17)38-14-37-21/h2-10,12,20,23-24,31,33H,11,13-14H2,1H3,(H,30,36)/t20-,23+,24+,29+/m0/s1. The van der Waals surface area contributed by atoms with Crippen molar-refractivity contribution in [3.8, 4) is 17.2 Å². The van der Waals surface area contributed by atoms with Crippen LogP contribution in [0, 0.1) is 18.8 Å². The molecule has 1 spiro atoms. The van der Waals surface area contributed by atoms with Crippen molar-refractivity contribution in [2.45, 2.75) is 31.5 Å². The number of aromatic hydroxyl groups is 1. The minimum Gasteiger partial charge on any atom is -0.508 e. The lowest BCUT2D eigenvalue weighted by Gasteiger charge is -2.29. The normalized spacial score (nSPS) is 26.7. The van der Waals surface area contributed by atoms with Crippen molar-refractivity contribution >= 4 is 23.4 Å². The predicted molar refractivity (Wildman–Crippen MR) is 135 cm³/mol. The molecule has 3 N–H and O–H groups in total. The highest BCUT2D eigenvalue weighted by atomic mass is 16.7. The summed E-state index contributed by atoms with van der Waals surface area (Å²) in [4.78, 5) is 43.0. The summed E-state index contributed by atoms with van der Waals surface area (Å²) < 4.78 is 10.9. The van der Waals surface area contributed by atoms with Gasteiger partial charge in [-0.1, -0.05) is 36.4 Å². The molecule has 0 bridgehead atoms. The topological polar surface area (TPSA) is 117 Å². The molecule has 9 heteroatoms. The third-order valence-corrected chi connectivity index (χ3v) is 8.22. The Labute approximate surface area is 218 Å². The Hall–Kier alpha value is -4.37. The monoisotopic (exact) mass is 511 g/mol. The number of aryl methyl sites for hydroxylation is 1. The molecule has 2 saturated heterocycles. The van der Waals surface area contributed by atoms with Crippen LogP contribution >= 0.6 is 0 Å². The second-order valence-electron chi connectivity index (χ2n) is 10.3. The summed E-state index contributed by atoms with van der Waals surface area (Å²) in [5.41, 5.74) is 2.53. The van der Waals surface area contributed by atoms with Gasteiger partial charge in [-0.2, -0.15) is 0 Å². The Morgan fingerprint density at radius 1 is 0.974 bits per heavy atom. The molecule has 0 unspecified atom stereocenters. The number of carbonyl (C=O) groups is 3. The number of anilines is 1. The number of carbonyl (C=O) groups excluding carboxylic acids is 3. The van der Waals surface area contributed by atoms with Crippen molar-refractivity contribution in [2.75, 3.05) is 12.1 Å². The van der Waals surface area contributed by atoms with E-state index in [9.17, 15) is 19.5 Å². The number of phenols is 1. The van der Waals surface area contributed by atoms with Crippen molar-refractivity contribution < 1.29 is 29.0 Å². The SMILES string of the molecule is Cc1cccc2c1NC(=O)[C@@]21N[C@@H](Cc2ccc(O)cc2)[C@H]2C(=O)N(Cc3ccc4c(c3)OCO4)C(=O)[C@@H]21. The lowest BCUT2D eigenvalue weighted by atomic mass is 9.76. The van der Waals surface area contributed by atoms with Gasteiger partial charge in [0, 0.05) is 17.3 Å². The van der Waals surface area contributed by atoms with E-state index in [1.54, 1.807) is 36.4 Å². The van der Waals surface area contributed by atoms with Gasteiger partial charge in [0.15, 0.2) is 11.5 Å². The summed E-state index contributed by atoms with van der Waals surface area (Å²) in [6.07, 6.45) is 0.411. The first kappa shape index (κ1) is 22.8. The summed E-state index contributed by atoms with van der Waals surface area (Å²) in [6.45, 7) is 2.11. The number of imide groups is 1. The van der Waals surface area contributed by atoms with Gasteiger partial charge in [-0.15, -0.1) is 0 Å². The van der Waals surface area contributed by atoms with E-state index in [1.807, 2.05) is 31.2 Å². The number of amides is 3. The maximum Gasteiger partial charge on any atom is 0.250 e. The Morgan fingerprint density at radius 2 is 1.74 bits per heavy atom. The Balaban J connectivity index is 1.30. The van der Waals surface area contributed by atoms with Crippen molar-refractivity contribution in [1.29, 1.82) is 0 Å². The summed E-state index contributed by atoms with van der Waals surface area (Å²) in [6, 6.07) is 17.3. The van der Waals surface area contributed by atoms with Crippen LogP contribution in [0.15, 0.2) is 60.7 Å². The van der Waals surface area contributed by atoms with Gasteiger partial charge >= 0.3 is 0 Å². The zero-order chi connectivity index (χ0) is 26.2. The highest BCUT2D eigenvalue weighted by Crippen LogP contribution is 2.54. The van der Waals surface area contributed by atoms with E-state index in [4.69, 9.17) is 9.47 Å². The van der Waals surface area contributed by atoms with Crippen LogP contribution in [-0.2, 0) is 32.9 Å². The Morgan fingerprint density at radius 3 is 2.55 bits per heavy atom. The van der Waals surface area contributed by atoms with Gasteiger partial charge in [0.2, 0.25) is 24.5 Å². The van der Waals surface area contributed by atoms with Gasteiger partial charge in [0.05, 0.1) is 18.4 Å². The van der Waals surface area contributed by atoms with E-state index < -0.39 is 23.4 Å². The fraction of sp³-hybridized carbons (Fsp3) is 0.276. The first-order chi connectivity index (χ1) is 18.4. The van der Waals surface area contributed by atoms with Gasteiger partial charge in [-0.3, -0.25) is 24.6 Å². The number of ether oxygens (including phenoxy) is 2. The number of fused-ring (bicyclic) bond motifs is 5. The molecule has 4 heterocycles. The average molecular weight is 512 g/mol. The molecule has 2 fully saturated rings. The molecule has 7 rings (SSSR count). The lowest BCUT2D eigenvalue weighted by molar-refractivity contribution is -0.143. The fourth-order valence-corrected chi connectivity index (χ4v) is 6.47. The number of benzene rings is 3. The third kappa shape index (κ3) is 3.11. The molecule has 192 valence electrons. The van der Waals surface area contributed by atoms with Crippen molar-refractivity contribution in [1.82, 2.24) is 10.2 Å². The Bertz CT molecular complexity index is 1520. The number of likely N-dealkylation sites (tertiary alicyclic amines) is 1. The van der Waals surface area contributed by atoms with Crippen LogP contribution < -0.4 is 20.1 Å². The van der Waals surface area contributed by atoms with Crippen LogP contribution in [0.3, 0.4) is 0 Å². The smallest absolute Gasteiger partial charge is 0.250 e. The number of hydrogen-bond donors (Lipinski definition) is 3. The molecule has 4 aliphatic heterocycles. The molecule has 3 aromatic rings. The molecule has 0 aromatic heterocycles. The number of hydrogen-bond acceptors (Lipinski definition) is 7. The highest BCUT2D eigenvalue weighted by Gasteiger charge is 2.70. The zero-order valence-corrected chi connectivity index (χ0v) is 20.6. The van der Waals surface area contributed by atoms with E-state index >= 15 is 0 Å². The maximum absolute atomic E-state index is 14.1. The van der Waals surface area contributed by atoms with E-state index in [-0.39, 0.29) is 36.8 Å². The minimum atomic E-state index is -1.36. The molecule has 9 nitrogen and oxygen atoms in total. The first-order valence-electron chi connectivity index (χ1n) is 12.6. The number of phenolic OH excluding ortho intramolecular Hbond substituents is 1. The van der Waals surface area contributed by atoms with Crippen LogP contribution in [0.25, 0.3) is 0 Å². The number of nitrogens with one attached hydrogen (secondary N) is 2. The van der Waals surface area contributed by atoms with Crippen molar-refractivity contribution in [2.24, 2.45) is 11.8 Å². The third-order valence-electron chi connectivity index (χ3n) is 8.22. The van der Waals surface area contributed by atoms with Crippen molar-refractivity contribution in [3.63, 3.8) is 0 Å². The molecular weight excluding hydrogens is 486 g/mol. The summed E-state index contributed by atoms with van der Waals surface area (Å²) in [5.74, 6) is -1.29. The molecule has 0 saturated carbocycles. The minimum absolute atomic E-state index is 0.0750. The fourth-order valence-electron chi connectivity index (χ4n) is 6.47. The zero-order valence-electron chi connectivity index (χ0n) is 20.6. The summed E-state index contributed by atoms with van der Waals surface area (Å²) in [5, 5.41) is 16.2.